The maximum absolute atomic E-state index is 6.28. The molecule has 0 radical (unpaired) electrons. The standard InChI is InChI=1S/C24H14BrNO/c1-13-9-17-16-6-2-3-8-21(16)27-24(17)19(10-13)23-18-12-15(25)11-14-5-4-7-20(26-23)22(14)18/h2-12H,1H3. The van der Waals surface area contributed by atoms with Crippen molar-refractivity contribution >= 4 is 60.0 Å². The maximum Gasteiger partial charge on any atom is 0.144 e. The highest BCUT2D eigenvalue weighted by atomic mass is 79.9. The number of rotatable bonds is 1. The first-order chi connectivity index (χ1) is 13.2. The number of aryl methyl sites for hydroxylation is 1. The molecule has 0 saturated heterocycles. The smallest absolute Gasteiger partial charge is 0.144 e. The van der Waals surface area contributed by atoms with E-state index >= 15 is 0 Å². The molecular formula is C24H14BrNO. The van der Waals surface area contributed by atoms with Crippen molar-refractivity contribution in [3.63, 3.8) is 0 Å². The number of nitrogens with zero attached hydrogens (tertiary/aromatic N) is 1. The summed E-state index contributed by atoms with van der Waals surface area (Å²) in [6.45, 7) is 2.13. The average molecular weight is 412 g/mol. The zero-order valence-electron chi connectivity index (χ0n) is 14.6. The number of fused-ring (bicyclic) bond motifs is 3. The Morgan fingerprint density at radius 1 is 0.852 bits per heavy atom. The van der Waals surface area contributed by atoms with E-state index in [0.717, 1.165) is 48.9 Å². The van der Waals surface area contributed by atoms with Crippen molar-refractivity contribution in [2.75, 3.05) is 0 Å². The molecule has 1 aliphatic rings. The predicted octanol–water partition coefficient (Wildman–Crippen LogP) is 7.29. The van der Waals surface area contributed by atoms with Crippen LogP contribution in [0, 0.1) is 6.92 Å². The molecule has 1 aliphatic heterocycles. The molecule has 0 saturated carbocycles. The lowest BCUT2D eigenvalue weighted by Gasteiger charge is -2.07. The van der Waals surface area contributed by atoms with E-state index in [1.165, 1.54) is 16.3 Å². The Kier molecular flexibility index (Phi) is 2.98. The van der Waals surface area contributed by atoms with Gasteiger partial charge < -0.3 is 4.42 Å². The van der Waals surface area contributed by atoms with Crippen LogP contribution in [-0.2, 0) is 0 Å². The molecule has 1 aromatic heterocycles. The van der Waals surface area contributed by atoms with Gasteiger partial charge in [0.1, 0.15) is 11.2 Å². The summed E-state index contributed by atoms with van der Waals surface area (Å²) >= 11 is 3.66. The summed E-state index contributed by atoms with van der Waals surface area (Å²) in [6, 6.07) is 23.2. The number of hydrogen-bond acceptors (Lipinski definition) is 2. The average Bonchev–Trinajstić information content (AvgIpc) is 3.21. The zero-order valence-corrected chi connectivity index (χ0v) is 16.2. The third-order valence-electron chi connectivity index (χ3n) is 5.28. The highest BCUT2D eigenvalue weighted by Gasteiger charge is 2.24. The summed E-state index contributed by atoms with van der Waals surface area (Å²) in [4.78, 5) is 5.01. The van der Waals surface area contributed by atoms with Gasteiger partial charge in [-0.2, -0.15) is 0 Å². The first-order valence-corrected chi connectivity index (χ1v) is 9.72. The fourth-order valence-electron chi connectivity index (χ4n) is 4.18. The molecule has 6 rings (SSSR count). The van der Waals surface area contributed by atoms with Gasteiger partial charge in [0.15, 0.2) is 0 Å². The minimum absolute atomic E-state index is 0.904. The van der Waals surface area contributed by atoms with Crippen LogP contribution in [0.2, 0.25) is 0 Å². The quantitative estimate of drug-likeness (QED) is 0.278. The predicted molar refractivity (Wildman–Crippen MR) is 115 cm³/mol. The third kappa shape index (κ3) is 2.09. The van der Waals surface area contributed by atoms with Crippen LogP contribution in [0.1, 0.15) is 16.7 Å². The Balaban J connectivity index is 1.73. The van der Waals surface area contributed by atoms with Gasteiger partial charge in [-0.3, -0.25) is 0 Å². The second-order valence-electron chi connectivity index (χ2n) is 7.08. The van der Waals surface area contributed by atoms with Gasteiger partial charge in [-0.15, -0.1) is 0 Å². The fraction of sp³-hybridized carbons (Fsp3) is 0.0417. The number of hydrogen-bond donors (Lipinski definition) is 0. The molecule has 128 valence electrons. The summed E-state index contributed by atoms with van der Waals surface area (Å²) in [5.41, 5.74) is 7.23. The van der Waals surface area contributed by atoms with Gasteiger partial charge in [-0.1, -0.05) is 46.3 Å². The molecule has 2 heterocycles. The van der Waals surface area contributed by atoms with Crippen LogP contribution in [-0.4, -0.2) is 5.71 Å². The summed E-state index contributed by atoms with van der Waals surface area (Å²) < 4.78 is 7.34. The molecule has 0 N–H and O–H groups in total. The lowest BCUT2D eigenvalue weighted by Crippen LogP contribution is -2.01. The van der Waals surface area contributed by atoms with Gasteiger partial charge in [0.2, 0.25) is 0 Å². The van der Waals surface area contributed by atoms with Crippen molar-refractivity contribution in [1.82, 2.24) is 0 Å². The van der Waals surface area contributed by atoms with Crippen LogP contribution >= 0.6 is 15.9 Å². The van der Waals surface area contributed by atoms with Crippen LogP contribution < -0.4 is 0 Å². The van der Waals surface area contributed by atoms with Crippen molar-refractivity contribution in [3.8, 4) is 0 Å². The lowest BCUT2D eigenvalue weighted by molar-refractivity contribution is 0.668. The van der Waals surface area contributed by atoms with Crippen molar-refractivity contribution in [2.24, 2.45) is 4.99 Å². The largest absolute Gasteiger partial charge is 0.455 e. The summed E-state index contributed by atoms with van der Waals surface area (Å²) in [5.74, 6) is 0. The molecule has 2 nitrogen and oxygen atoms in total. The van der Waals surface area contributed by atoms with E-state index in [0.29, 0.717) is 0 Å². The van der Waals surface area contributed by atoms with E-state index in [-0.39, 0.29) is 0 Å². The molecule has 0 spiro atoms. The van der Waals surface area contributed by atoms with E-state index in [1.807, 2.05) is 12.1 Å². The van der Waals surface area contributed by atoms with E-state index < -0.39 is 0 Å². The van der Waals surface area contributed by atoms with Gasteiger partial charge in [0, 0.05) is 31.8 Å². The van der Waals surface area contributed by atoms with Crippen molar-refractivity contribution < 1.29 is 4.42 Å². The van der Waals surface area contributed by atoms with E-state index in [9.17, 15) is 0 Å². The van der Waals surface area contributed by atoms with Gasteiger partial charge in [0.05, 0.1) is 11.4 Å². The number of aliphatic imine (C=N–C) groups is 1. The van der Waals surface area contributed by atoms with Gasteiger partial charge in [-0.25, -0.2) is 4.99 Å². The SMILES string of the molecule is Cc1cc(C2=Nc3cccc4cc(Br)cc2c34)c2oc3ccccc3c2c1. The van der Waals surface area contributed by atoms with Gasteiger partial charge >= 0.3 is 0 Å². The fourth-order valence-corrected chi connectivity index (χ4v) is 4.66. The highest BCUT2D eigenvalue weighted by Crippen LogP contribution is 2.41. The van der Waals surface area contributed by atoms with E-state index in [1.54, 1.807) is 0 Å². The first kappa shape index (κ1) is 15.2. The highest BCUT2D eigenvalue weighted by molar-refractivity contribution is 9.10. The summed E-state index contributed by atoms with van der Waals surface area (Å²) in [6.07, 6.45) is 0. The Bertz CT molecular complexity index is 1440. The zero-order chi connectivity index (χ0) is 18.1. The molecule has 0 amide bonds. The first-order valence-electron chi connectivity index (χ1n) is 8.93. The molecule has 27 heavy (non-hydrogen) atoms. The minimum atomic E-state index is 0.904. The molecule has 4 aromatic carbocycles. The molecule has 0 fully saturated rings. The Labute approximate surface area is 164 Å². The lowest BCUT2D eigenvalue weighted by atomic mass is 9.96. The Hall–Kier alpha value is -2.91. The molecular weight excluding hydrogens is 398 g/mol. The monoisotopic (exact) mass is 411 g/mol. The second kappa shape index (κ2) is 5.30. The summed E-state index contributed by atoms with van der Waals surface area (Å²) in [7, 11) is 0. The number of halogens is 1. The number of benzene rings is 4. The van der Waals surface area contributed by atoms with Crippen LogP contribution in [0.25, 0.3) is 32.7 Å². The molecule has 3 heteroatoms. The van der Waals surface area contributed by atoms with Crippen LogP contribution in [0.15, 0.2) is 80.6 Å². The molecule has 0 bridgehead atoms. The van der Waals surface area contributed by atoms with E-state index in [2.05, 4.69) is 77.5 Å². The van der Waals surface area contributed by atoms with Gasteiger partial charge in [-0.05, 0) is 54.3 Å². The van der Waals surface area contributed by atoms with Crippen molar-refractivity contribution in [2.45, 2.75) is 6.92 Å². The molecule has 0 aliphatic carbocycles. The number of para-hydroxylation sites is 1. The maximum atomic E-state index is 6.28. The molecule has 0 atom stereocenters. The normalized spacial score (nSPS) is 13.0. The Morgan fingerprint density at radius 2 is 1.74 bits per heavy atom. The van der Waals surface area contributed by atoms with E-state index in [4.69, 9.17) is 9.41 Å². The minimum Gasteiger partial charge on any atom is -0.455 e. The van der Waals surface area contributed by atoms with Gasteiger partial charge in [0.25, 0.3) is 0 Å². The second-order valence-corrected chi connectivity index (χ2v) is 7.99. The molecule has 5 aromatic rings. The Morgan fingerprint density at radius 3 is 2.67 bits per heavy atom. The van der Waals surface area contributed by atoms with Crippen LogP contribution in [0.5, 0.6) is 0 Å². The summed E-state index contributed by atoms with van der Waals surface area (Å²) in [5, 5.41) is 4.70. The third-order valence-corrected chi connectivity index (χ3v) is 5.74. The number of furan rings is 1. The molecule has 0 unspecified atom stereocenters. The topological polar surface area (TPSA) is 25.5 Å². The van der Waals surface area contributed by atoms with Crippen molar-refractivity contribution in [1.29, 1.82) is 0 Å². The van der Waals surface area contributed by atoms with Crippen LogP contribution in [0.3, 0.4) is 0 Å². The van der Waals surface area contributed by atoms with Crippen LogP contribution in [0.4, 0.5) is 5.69 Å². The van der Waals surface area contributed by atoms with Crippen molar-refractivity contribution in [3.05, 3.63) is 87.9 Å².